The molecule has 0 radical (unpaired) electrons. The second kappa shape index (κ2) is 9.22. The average Bonchev–Trinajstić information content (AvgIpc) is 2.14. The Kier molecular flexibility index (Phi) is 8.40. The van der Waals surface area contributed by atoms with Crippen LogP contribution < -0.4 is 16.4 Å². The molecule has 0 aliphatic rings. The zero-order valence-corrected chi connectivity index (χ0v) is 8.45. The molecule has 0 heterocycles. The quantitative estimate of drug-likeness (QED) is 0.282. The molecule has 0 aliphatic heterocycles. The van der Waals surface area contributed by atoms with Crippen LogP contribution in [0.5, 0.6) is 0 Å². The molecule has 0 saturated heterocycles. The summed E-state index contributed by atoms with van der Waals surface area (Å²) < 4.78 is 0. The van der Waals surface area contributed by atoms with E-state index in [1.54, 1.807) is 0 Å². The maximum atomic E-state index is 10.2. The van der Waals surface area contributed by atoms with E-state index in [0.29, 0.717) is 13.0 Å². The van der Waals surface area contributed by atoms with Crippen molar-refractivity contribution in [3.05, 3.63) is 0 Å². The van der Waals surface area contributed by atoms with Gasteiger partial charge in [-0.15, -0.1) is 0 Å². The summed E-state index contributed by atoms with van der Waals surface area (Å²) in [6.45, 7) is 0.632. The third kappa shape index (κ3) is 12.7. The average molecular weight is 219 g/mol. The Hall–Kier alpha value is -1.34. The Balaban J connectivity index is 2.99. The van der Waals surface area contributed by atoms with Crippen molar-refractivity contribution in [2.75, 3.05) is 6.54 Å². The van der Waals surface area contributed by atoms with Gasteiger partial charge in [-0.1, -0.05) is 12.8 Å². The molecule has 0 unspecified atom stereocenters. The summed E-state index contributed by atoms with van der Waals surface area (Å²) in [5, 5.41) is 16.5. The van der Waals surface area contributed by atoms with Gasteiger partial charge in [0.05, 0.1) is 0 Å². The third-order valence-electron chi connectivity index (χ3n) is 1.70. The molecule has 7 heteroatoms. The molecule has 88 valence electrons. The zero-order chi connectivity index (χ0) is 11.5. The van der Waals surface area contributed by atoms with Crippen LogP contribution in [0.2, 0.25) is 0 Å². The molecule has 0 spiro atoms. The molecule has 0 saturated carbocycles. The first-order chi connectivity index (χ1) is 7.13. The van der Waals surface area contributed by atoms with Crippen molar-refractivity contribution in [3.63, 3.8) is 0 Å². The van der Waals surface area contributed by atoms with Gasteiger partial charge in [-0.25, -0.2) is 15.6 Å². The molecule has 0 aromatic heterocycles. The summed E-state index contributed by atoms with van der Waals surface area (Å²) in [7, 11) is 0. The highest BCUT2D eigenvalue weighted by Crippen LogP contribution is 2.01. The molecule has 1 amide bonds. The number of carbonyl (C=O) groups is 2. The van der Waals surface area contributed by atoms with Crippen LogP contribution in [0.25, 0.3) is 0 Å². The second-order valence-corrected chi connectivity index (χ2v) is 3.04. The molecule has 0 atom stereocenters. The Morgan fingerprint density at radius 1 is 1.00 bits per heavy atom. The molecule has 0 rings (SSSR count). The van der Waals surface area contributed by atoms with E-state index in [1.165, 1.54) is 0 Å². The Bertz CT molecular complexity index is 178. The molecule has 0 aliphatic carbocycles. The standard InChI is InChI=1S/C8H17N3O4/c12-7(13)5-3-1-2-4-6-9-11-10-8(14)15/h9-11H,1-6H2,(H,12,13)(H,14,15). The van der Waals surface area contributed by atoms with Gasteiger partial charge >= 0.3 is 12.1 Å². The Morgan fingerprint density at radius 3 is 2.27 bits per heavy atom. The van der Waals surface area contributed by atoms with Gasteiger partial charge < -0.3 is 10.2 Å². The minimum Gasteiger partial charge on any atom is -0.481 e. The summed E-state index contributed by atoms with van der Waals surface area (Å²) in [6.07, 6.45) is 2.43. The number of amides is 1. The van der Waals surface area contributed by atoms with Crippen LogP contribution in [0.3, 0.4) is 0 Å². The van der Waals surface area contributed by atoms with Gasteiger partial charge in [-0.05, 0) is 12.8 Å². The van der Waals surface area contributed by atoms with Gasteiger partial charge in [0.25, 0.3) is 0 Å². The number of hydrogen-bond acceptors (Lipinski definition) is 4. The number of hydrogen-bond donors (Lipinski definition) is 5. The summed E-state index contributed by atoms with van der Waals surface area (Å²) in [5.41, 5.74) is 6.90. The predicted octanol–water partition coefficient (Wildman–Crippen LogP) is 0.298. The fourth-order valence-corrected chi connectivity index (χ4v) is 1.00. The van der Waals surface area contributed by atoms with Crippen LogP contribution in [0, 0.1) is 0 Å². The van der Waals surface area contributed by atoms with Crippen LogP contribution in [0.4, 0.5) is 4.79 Å². The summed E-state index contributed by atoms with van der Waals surface area (Å²) in [6, 6.07) is 0. The lowest BCUT2D eigenvalue weighted by Crippen LogP contribution is -2.46. The van der Waals surface area contributed by atoms with Crippen LogP contribution >= 0.6 is 0 Å². The lowest BCUT2D eigenvalue weighted by molar-refractivity contribution is -0.137. The van der Waals surface area contributed by atoms with E-state index in [9.17, 15) is 9.59 Å². The van der Waals surface area contributed by atoms with Crippen molar-refractivity contribution < 1.29 is 19.8 Å². The van der Waals surface area contributed by atoms with E-state index < -0.39 is 12.1 Å². The second-order valence-electron chi connectivity index (χ2n) is 3.04. The number of rotatable bonds is 9. The van der Waals surface area contributed by atoms with Crippen molar-refractivity contribution in [1.29, 1.82) is 0 Å². The van der Waals surface area contributed by atoms with E-state index in [2.05, 4.69) is 11.0 Å². The zero-order valence-electron chi connectivity index (χ0n) is 8.45. The first kappa shape index (κ1) is 13.7. The molecule has 15 heavy (non-hydrogen) atoms. The highest BCUT2D eigenvalue weighted by molar-refractivity contribution is 5.66. The maximum absolute atomic E-state index is 10.2. The molecule has 0 aromatic carbocycles. The SMILES string of the molecule is O=C(O)CCCCCCNNNC(=O)O. The van der Waals surface area contributed by atoms with E-state index >= 15 is 0 Å². The highest BCUT2D eigenvalue weighted by Gasteiger charge is 1.96. The molecule has 0 aromatic rings. The normalized spacial score (nSPS) is 9.87. The minimum atomic E-state index is -1.15. The Labute approximate surface area is 87.8 Å². The van der Waals surface area contributed by atoms with Gasteiger partial charge in [0.1, 0.15) is 0 Å². The number of carboxylic acid groups (broad SMARTS) is 2. The molecule has 0 bridgehead atoms. The highest BCUT2D eigenvalue weighted by atomic mass is 16.4. The van der Waals surface area contributed by atoms with Gasteiger partial charge in [-0.3, -0.25) is 4.79 Å². The Morgan fingerprint density at radius 2 is 1.67 bits per heavy atom. The maximum Gasteiger partial charge on any atom is 0.420 e. The van der Waals surface area contributed by atoms with Crippen molar-refractivity contribution in [3.8, 4) is 0 Å². The van der Waals surface area contributed by atoms with Crippen LogP contribution in [0.15, 0.2) is 0 Å². The molecule has 5 N–H and O–H groups in total. The third-order valence-corrected chi connectivity index (χ3v) is 1.70. The summed E-state index contributed by atoms with van der Waals surface area (Å²) in [5.74, 6) is -0.763. The van der Waals surface area contributed by atoms with E-state index in [-0.39, 0.29) is 6.42 Å². The first-order valence-electron chi connectivity index (χ1n) is 4.81. The summed E-state index contributed by atoms with van der Waals surface area (Å²) >= 11 is 0. The van der Waals surface area contributed by atoms with Crippen LogP contribution in [0.1, 0.15) is 32.1 Å². The summed E-state index contributed by atoms with van der Waals surface area (Å²) in [4.78, 5) is 20.1. The van der Waals surface area contributed by atoms with Crippen molar-refractivity contribution in [1.82, 2.24) is 16.4 Å². The van der Waals surface area contributed by atoms with Crippen LogP contribution in [-0.2, 0) is 4.79 Å². The van der Waals surface area contributed by atoms with Gasteiger partial charge in [-0.2, -0.15) is 5.53 Å². The number of aliphatic carboxylic acids is 1. The molecular weight excluding hydrogens is 202 g/mol. The van der Waals surface area contributed by atoms with Gasteiger partial charge in [0, 0.05) is 13.0 Å². The smallest absolute Gasteiger partial charge is 0.420 e. The number of unbranched alkanes of at least 4 members (excludes halogenated alkanes) is 3. The monoisotopic (exact) mass is 219 g/mol. The molecular formula is C8H17N3O4. The predicted molar refractivity (Wildman–Crippen MR) is 53.0 cm³/mol. The van der Waals surface area contributed by atoms with Crippen molar-refractivity contribution in [2.24, 2.45) is 0 Å². The van der Waals surface area contributed by atoms with E-state index in [0.717, 1.165) is 19.3 Å². The number of hydrazine groups is 2. The lowest BCUT2D eigenvalue weighted by Gasteiger charge is -2.05. The lowest BCUT2D eigenvalue weighted by atomic mass is 10.1. The van der Waals surface area contributed by atoms with Crippen molar-refractivity contribution in [2.45, 2.75) is 32.1 Å². The fraction of sp³-hybridized carbons (Fsp3) is 0.750. The van der Waals surface area contributed by atoms with Gasteiger partial charge in [0.15, 0.2) is 0 Å². The van der Waals surface area contributed by atoms with E-state index in [1.807, 2.05) is 5.43 Å². The first-order valence-corrected chi connectivity index (χ1v) is 4.81. The fourth-order valence-electron chi connectivity index (χ4n) is 1.00. The van der Waals surface area contributed by atoms with Crippen molar-refractivity contribution >= 4 is 12.1 Å². The molecule has 7 nitrogen and oxygen atoms in total. The van der Waals surface area contributed by atoms with Crippen LogP contribution in [-0.4, -0.2) is 28.8 Å². The largest absolute Gasteiger partial charge is 0.481 e. The number of carboxylic acids is 1. The van der Waals surface area contributed by atoms with Gasteiger partial charge in [0.2, 0.25) is 0 Å². The van der Waals surface area contributed by atoms with E-state index in [4.69, 9.17) is 10.2 Å². The number of nitrogens with one attached hydrogen (secondary N) is 3. The minimum absolute atomic E-state index is 0.215. The topological polar surface area (TPSA) is 111 Å². The molecule has 0 fully saturated rings.